The van der Waals surface area contributed by atoms with Crippen molar-refractivity contribution in [3.05, 3.63) is 88.9 Å². The summed E-state index contributed by atoms with van der Waals surface area (Å²) in [7, 11) is 4.91. The number of benzene rings is 2. The molecule has 5 aromatic rings. The number of fused-ring (bicyclic) bond motifs is 2. The van der Waals surface area contributed by atoms with Crippen LogP contribution in [0.3, 0.4) is 0 Å². The summed E-state index contributed by atoms with van der Waals surface area (Å²) in [5.41, 5.74) is -2.03. The first-order chi connectivity index (χ1) is 30.9. The average Bonchev–Trinajstić information content (AvgIpc) is 4.02. The zero-order valence-electron chi connectivity index (χ0n) is 38.0. The van der Waals surface area contributed by atoms with Gasteiger partial charge in [0, 0.05) is 45.5 Å². The van der Waals surface area contributed by atoms with Crippen LogP contribution in [-0.4, -0.2) is 107 Å². The molecule has 346 valence electrons. The number of carbonyl (C=O) groups excluding carboxylic acids is 1. The number of pyridine rings is 2. The molecule has 0 aliphatic carbocycles. The van der Waals surface area contributed by atoms with Gasteiger partial charge in [-0.3, -0.25) is 9.88 Å². The highest BCUT2D eigenvalue weighted by atomic mass is 19.4. The molecule has 0 spiro atoms. The number of likely N-dealkylation sites (N-methyl/N-ethyl adjacent to an activating group) is 1. The first-order valence-electron chi connectivity index (χ1n) is 22.0. The Morgan fingerprint density at radius 3 is 2.06 bits per heavy atom. The van der Waals surface area contributed by atoms with Crippen LogP contribution in [0.2, 0.25) is 0 Å². The molecule has 1 atom stereocenters. The molecule has 3 aliphatic rings. The van der Waals surface area contributed by atoms with E-state index in [-0.39, 0.29) is 65.4 Å². The van der Waals surface area contributed by atoms with Gasteiger partial charge in [-0.15, -0.1) is 0 Å². The van der Waals surface area contributed by atoms with Crippen LogP contribution in [0.4, 0.5) is 34.0 Å². The molecule has 0 unspecified atom stereocenters. The molecule has 65 heavy (non-hydrogen) atoms. The Hall–Kier alpha value is -5.97. The van der Waals surface area contributed by atoms with E-state index in [1.54, 1.807) is 71.2 Å². The number of aryl methyl sites for hydroxylation is 1. The number of hydrogen-bond acceptors (Lipinski definition) is 12. The number of nitrogens with zero attached hydrogens (tertiary/aromatic N) is 8. The maximum atomic E-state index is 17.6. The lowest BCUT2D eigenvalue weighted by molar-refractivity contribution is -0.137. The summed E-state index contributed by atoms with van der Waals surface area (Å²) in [6, 6.07) is 15.7. The monoisotopic (exact) mass is 900 g/mol. The Morgan fingerprint density at radius 2 is 1.49 bits per heavy atom. The van der Waals surface area contributed by atoms with Gasteiger partial charge in [-0.05, 0) is 120 Å². The van der Waals surface area contributed by atoms with Crippen molar-refractivity contribution in [2.45, 2.75) is 96.2 Å². The van der Waals surface area contributed by atoms with Crippen molar-refractivity contribution < 1.29 is 41.3 Å². The minimum absolute atomic E-state index is 0.107. The number of hydrogen-bond donors (Lipinski definition) is 0. The highest BCUT2D eigenvalue weighted by Crippen LogP contribution is 2.43. The van der Waals surface area contributed by atoms with Gasteiger partial charge in [0.2, 0.25) is 0 Å². The van der Waals surface area contributed by atoms with E-state index in [4.69, 9.17) is 23.9 Å². The van der Waals surface area contributed by atoms with Crippen molar-refractivity contribution in [2.24, 2.45) is 0 Å². The van der Waals surface area contributed by atoms with Crippen LogP contribution in [0.1, 0.15) is 75.1 Å². The Morgan fingerprint density at radius 1 is 0.877 bits per heavy atom. The summed E-state index contributed by atoms with van der Waals surface area (Å²) in [4.78, 5) is 39.2. The average molecular weight is 901 g/mol. The highest BCUT2D eigenvalue weighted by Gasteiger charge is 2.45. The Bertz CT molecular complexity index is 2460. The van der Waals surface area contributed by atoms with Gasteiger partial charge in [-0.2, -0.15) is 23.1 Å². The maximum absolute atomic E-state index is 17.6. The highest BCUT2D eigenvalue weighted by molar-refractivity contribution is 5.92. The Labute approximate surface area is 376 Å². The number of halogens is 4. The molecule has 17 heteroatoms. The maximum Gasteiger partial charge on any atom is 0.418 e. The largest absolute Gasteiger partial charge is 0.497 e. The number of rotatable bonds is 13. The van der Waals surface area contributed by atoms with Gasteiger partial charge in [0.1, 0.15) is 52.2 Å². The third kappa shape index (κ3) is 9.70. The van der Waals surface area contributed by atoms with Crippen molar-refractivity contribution >= 4 is 28.6 Å². The van der Waals surface area contributed by atoms with Gasteiger partial charge in [-0.25, -0.2) is 14.2 Å². The topological polar surface area (TPSA) is 119 Å². The van der Waals surface area contributed by atoms with Crippen molar-refractivity contribution in [3.63, 3.8) is 0 Å². The number of anilines is 2. The van der Waals surface area contributed by atoms with Gasteiger partial charge in [0.25, 0.3) is 0 Å². The summed E-state index contributed by atoms with van der Waals surface area (Å²) in [6.07, 6.45) is 0.414. The SMILES string of the molecule is COc1ccc(CN(Cc2ccc(OC)cc2)c2cc(C)c(C(F)(F)F)c(-c3ncc4c(N(C)[C@@H]5CCN(C(=O)OC(C)(C)C)C5)nc(OCC56CCCN5CCC6)nc4c3F)n2)cc1. The lowest BCUT2D eigenvalue weighted by Crippen LogP contribution is -2.43. The normalized spacial score (nSPS) is 17.3. The lowest BCUT2D eigenvalue weighted by Gasteiger charge is -2.31. The fourth-order valence-electron chi connectivity index (χ4n) is 9.37. The zero-order valence-corrected chi connectivity index (χ0v) is 38.0. The Kier molecular flexibility index (Phi) is 12.7. The second-order valence-corrected chi connectivity index (χ2v) is 18.3. The molecule has 3 aliphatic heterocycles. The van der Waals surface area contributed by atoms with E-state index >= 15 is 17.6 Å². The van der Waals surface area contributed by atoms with E-state index in [1.165, 1.54) is 19.2 Å². The second kappa shape index (κ2) is 18.1. The second-order valence-electron chi connectivity index (χ2n) is 18.3. The number of ether oxygens (including phenoxy) is 4. The number of alkyl halides is 3. The van der Waals surface area contributed by atoms with Crippen LogP contribution in [0.5, 0.6) is 17.5 Å². The van der Waals surface area contributed by atoms with Crippen LogP contribution in [0, 0.1) is 12.7 Å². The van der Waals surface area contributed by atoms with Gasteiger partial charge >= 0.3 is 18.3 Å². The molecule has 8 rings (SSSR count). The third-order valence-corrected chi connectivity index (χ3v) is 12.7. The van der Waals surface area contributed by atoms with Gasteiger partial charge in [-0.1, -0.05) is 24.3 Å². The van der Waals surface area contributed by atoms with Crippen molar-refractivity contribution in [3.8, 4) is 28.9 Å². The molecule has 6 heterocycles. The van der Waals surface area contributed by atoms with E-state index < -0.39 is 40.6 Å². The van der Waals surface area contributed by atoms with E-state index in [1.807, 2.05) is 34.1 Å². The first-order valence-corrected chi connectivity index (χ1v) is 22.0. The minimum atomic E-state index is -4.92. The molecule has 0 bridgehead atoms. The molecule has 0 radical (unpaired) electrons. The van der Waals surface area contributed by atoms with E-state index in [0.29, 0.717) is 31.0 Å². The molecule has 3 saturated heterocycles. The molecule has 2 aromatic carbocycles. The van der Waals surface area contributed by atoms with Gasteiger partial charge in [0.15, 0.2) is 5.82 Å². The third-order valence-electron chi connectivity index (χ3n) is 12.7. The van der Waals surface area contributed by atoms with E-state index in [2.05, 4.69) is 19.9 Å². The van der Waals surface area contributed by atoms with E-state index in [9.17, 15) is 4.79 Å². The number of likely N-dealkylation sites (tertiary alicyclic amines) is 1. The number of aromatic nitrogens is 4. The van der Waals surface area contributed by atoms with Gasteiger partial charge in [0.05, 0.1) is 30.7 Å². The summed E-state index contributed by atoms with van der Waals surface area (Å²) in [6.45, 7) is 10.1. The van der Waals surface area contributed by atoms with Crippen molar-refractivity contribution in [2.75, 3.05) is 63.9 Å². The van der Waals surface area contributed by atoms with Crippen LogP contribution in [0.25, 0.3) is 22.3 Å². The van der Waals surface area contributed by atoms with Crippen LogP contribution >= 0.6 is 0 Å². The fraction of sp³-hybridized carbons (Fsp3) is 0.479. The van der Waals surface area contributed by atoms with E-state index in [0.717, 1.165) is 49.9 Å². The van der Waals surface area contributed by atoms with Crippen molar-refractivity contribution in [1.29, 1.82) is 0 Å². The molecule has 3 aromatic heterocycles. The standard InChI is InChI=1S/C48H56F4N8O5/c1-30-24-37(59(26-31-10-14-34(62-6)15-11-31)27-32-12-16-35(63-7)17-13-32)54-41(38(30)48(50,51)52)42-39(49)40-36(25-53-42)43(57(5)33-18-23-58(28-33)45(61)65-46(2,3)4)56-44(55-40)64-29-47-19-8-21-60(47)22-9-20-47/h10-17,24-25,33H,8-9,18-23,26-29H2,1-7H3/t33-/m1/s1. The predicted octanol–water partition coefficient (Wildman–Crippen LogP) is 9.23. The molecule has 3 fully saturated rings. The lowest BCUT2D eigenvalue weighted by atomic mass is 9.95. The number of amides is 1. The summed E-state index contributed by atoms with van der Waals surface area (Å²) >= 11 is 0. The van der Waals surface area contributed by atoms with Crippen molar-refractivity contribution in [1.82, 2.24) is 29.7 Å². The molecule has 0 N–H and O–H groups in total. The number of methoxy groups -OCH3 is 2. The zero-order chi connectivity index (χ0) is 46.3. The van der Waals surface area contributed by atoms with Crippen LogP contribution < -0.4 is 24.0 Å². The molecular formula is C48H56F4N8O5. The minimum Gasteiger partial charge on any atom is -0.497 e. The molecule has 1 amide bonds. The van der Waals surface area contributed by atoms with Crippen LogP contribution in [0.15, 0.2) is 60.8 Å². The van der Waals surface area contributed by atoms with Gasteiger partial charge < -0.3 is 33.6 Å². The molecule has 0 saturated carbocycles. The van der Waals surface area contributed by atoms with Crippen LogP contribution in [-0.2, 0) is 24.0 Å². The summed E-state index contributed by atoms with van der Waals surface area (Å²) < 4.78 is 86.0. The number of carbonyl (C=O) groups is 1. The predicted molar refractivity (Wildman–Crippen MR) is 239 cm³/mol. The smallest absolute Gasteiger partial charge is 0.418 e. The molecule has 13 nitrogen and oxygen atoms in total. The Balaban J connectivity index is 1.23. The fourth-order valence-corrected chi connectivity index (χ4v) is 9.37. The quantitative estimate of drug-likeness (QED) is 0.105. The summed E-state index contributed by atoms with van der Waals surface area (Å²) in [5, 5.41) is 0.167. The molecular weight excluding hydrogens is 845 g/mol. The summed E-state index contributed by atoms with van der Waals surface area (Å²) in [5.74, 6) is 0.647. The first kappa shape index (κ1) is 45.6.